The Labute approximate surface area is 122 Å². The van der Waals surface area contributed by atoms with Gasteiger partial charge >= 0.3 is 6.55 Å². The van der Waals surface area contributed by atoms with Gasteiger partial charge < -0.3 is 5.32 Å². The van der Waals surface area contributed by atoms with Crippen molar-refractivity contribution >= 4 is 18.2 Å². The Morgan fingerprint density at radius 1 is 1.35 bits per heavy atom. The van der Waals surface area contributed by atoms with Gasteiger partial charge in [0.05, 0.1) is 12.2 Å². The Balaban J connectivity index is 0.00000200. The molecule has 0 saturated carbocycles. The number of hydrogen-bond donors (Lipinski definition) is 1. The topological polar surface area (TPSA) is 47.7 Å². The highest BCUT2D eigenvalue weighted by Gasteiger charge is 2.12. The summed E-state index contributed by atoms with van der Waals surface area (Å²) in [7, 11) is 0. The molecule has 0 bridgehead atoms. The van der Waals surface area contributed by atoms with Gasteiger partial charge in [-0.3, -0.25) is 4.68 Å². The molecule has 0 spiro atoms. The number of hydrogen-bond acceptors (Lipinski definition) is 3. The zero-order valence-corrected chi connectivity index (χ0v) is 12.4. The highest BCUT2D eigenvalue weighted by molar-refractivity contribution is 5.85. The van der Waals surface area contributed by atoms with Crippen LogP contribution in [0, 0.1) is 6.92 Å². The summed E-state index contributed by atoms with van der Waals surface area (Å²) in [6, 6.07) is 1.83. The predicted molar refractivity (Wildman–Crippen MR) is 75.4 cm³/mol. The number of nitrogens with zero attached hydrogens (tertiary/aromatic N) is 4. The third kappa shape index (κ3) is 3.47. The van der Waals surface area contributed by atoms with Crippen molar-refractivity contribution in [3.63, 3.8) is 0 Å². The highest BCUT2D eigenvalue weighted by atomic mass is 35.5. The average Bonchev–Trinajstić information content (AvgIpc) is 2.92. The molecule has 8 heteroatoms. The molecule has 5 nitrogen and oxygen atoms in total. The van der Waals surface area contributed by atoms with Crippen LogP contribution < -0.4 is 5.32 Å². The summed E-state index contributed by atoms with van der Waals surface area (Å²) in [4.78, 5) is 0. The molecule has 0 aliphatic carbocycles. The van der Waals surface area contributed by atoms with Crippen LogP contribution in [0.4, 0.5) is 14.6 Å². The molecule has 2 aromatic heterocycles. The Morgan fingerprint density at radius 2 is 2.05 bits per heavy atom. The van der Waals surface area contributed by atoms with E-state index < -0.39 is 6.55 Å². The number of anilines is 1. The van der Waals surface area contributed by atoms with Crippen LogP contribution in [0.5, 0.6) is 0 Å². The summed E-state index contributed by atoms with van der Waals surface area (Å²) in [6.07, 6.45) is 3.29. The van der Waals surface area contributed by atoms with Crippen LogP contribution in [-0.4, -0.2) is 19.6 Å². The summed E-state index contributed by atoms with van der Waals surface area (Å²) >= 11 is 0. The Bertz CT molecular complexity index is 550. The van der Waals surface area contributed by atoms with Crippen LogP contribution in [0.1, 0.15) is 37.7 Å². The molecule has 1 N–H and O–H groups in total. The Kier molecular flexibility index (Phi) is 5.50. The minimum absolute atomic E-state index is 0. The van der Waals surface area contributed by atoms with E-state index in [1.165, 1.54) is 6.20 Å². The van der Waals surface area contributed by atoms with E-state index in [0.29, 0.717) is 16.2 Å². The van der Waals surface area contributed by atoms with E-state index in [1.807, 2.05) is 31.6 Å². The molecule has 0 atom stereocenters. The predicted octanol–water partition coefficient (Wildman–Crippen LogP) is 3.40. The van der Waals surface area contributed by atoms with Crippen molar-refractivity contribution in [2.45, 2.75) is 39.9 Å². The lowest BCUT2D eigenvalue weighted by molar-refractivity contribution is 0.0537. The first-order valence-corrected chi connectivity index (χ1v) is 6.09. The molecular weight excluding hydrogens is 288 g/mol. The molecule has 0 amide bonds. The lowest BCUT2D eigenvalue weighted by Crippen LogP contribution is -2.10. The van der Waals surface area contributed by atoms with Crippen molar-refractivity contribution in [1.82, 2.24) is 19.6 Å². The SMILES string of the molecule is Cc1cn(C(C)C)nc1NCc1ccnn1C(F)F.Cl. The second-order valence-corrected chi connectivity index (χ2v) is 4.63. The van der Waals surface area contributed by atoms with Gasteiger partial charge in [0.2, 0.25) is 0 Å². The van der Waals surface area contributed by atoms with Crippen molar-refractivity contribution in [3.05, 3.63) is 29.7 Å². The molecule has 112 valence electrons. The summed E-state index contributed by atoms with van der Waals surface area (Å²) < 4.78 is 27.8. The molecule has 0 radical (unpaired) electrons. The Hall–Kier alpha value is -1.63. The van der Waals surface area contributed by atoms with Gasteiger partial charge in [-0.15, -0.1) is 12.4 Å². The number of aromatic nitrogens is 4. The zero-order chi connectivity index (χ0) is 14.0. The standard InChI is InChI=1S/C12H17F2N5.ClH/c1-8(2)18-7-9(3)11(17-18)15-6-10-4-5-16-19(10)12(13)14;/h4-5,7-8,12H,6H2,1-3H3,(H,15,17);1H. The maximum absolute atomic E-state index is 12.6. The summed E-state index contributed by atoms with van der Waals surface area (Å²) in [5.41, 5.74) is 1.41. The molecule has 0 aromatic carbocycles. The number of aryl methyl sites for hydroxylation is 1. The molecule has 2 rings (SSSR count). The van der Waals surface area contributed by atoms with Crippen LogP contribution in [0.25, 0.3) is 0 Å². The van der Waals surface area contributed by atoms with Crippen molar-refractivity contribution < 1.29 is 8.78 Å². The summed E-state index contributed by atoms with van der Waals surface area (Å²) in [6.45, 7) is 3.63. The fraction of sp³-hybridized carbons (Fsp3) is 0.500. The fourth-order valence-corrected chi connectivity index (χ4v) is 1.75. The van der Waals surface area contributed by atoms with E-state index in [-0.39, 0.29) is 25.0 Å². The van der Waals surface area contributed by atoms with Gasteiger partial charge in [-0.05, 0) is 26.8 Å². The van der Waals surface area contributed by atoms with Gasteiger partial charge in [0.1, 0.15) is 0 Å². The van der Waals surface area contributed by atoms with Gasteiger partial charge in [0.15, 0.2) is 5.82 Å². The van der Waals surface area contributed by atoms with Crippen LogP contribution >= 0.6 is 12.4 Å². The van der Waals surface area contributed by atoms with Crippen molar-refractivity contribution in [2.24, 2.45) is 0 Å². The first-order valence-electron chi connectivity index (χ1n) is 6.09. The van der Waals surface area contributed by atoms with E-state index in [9.17, 15) is 8.78 Å². The molecule has 0 aliphatic rings. The molecule has 2 aromatic rings. The van der Waals surface area contributed by atoms with Crippen molar-refractivity contribution in [1.29, 1.82) is 0 Å². The maximum atomic E-state index is 12.6. The quantitative estimate of drug-likeness (QED) is 0.921. The van der Waals surface area contributed by atoms with Gasteiger partial charge in [-0.2, -0.15) is 19.0 Å². The van der Waals surface area contributed by atoms with E-state index in [0.717, 1.165) is 5.56 Å². The van der Waals surface area contributed by atoms with Crippen molar-refractivity contribution in [3.8, 4) is 0 Å². The van der Waals surface area contributed by atoms with Gasteiger partial charge in [-0.1, -0.05) is 0 Å². The normalized spacial score (nSPS) is 10.9. The fourth-order valence-electron chi connectivity index (χ4n) is 1.75. The van der Waals surface area contributed by atoms with Crippen LogP contribution in [0.2, 0.25) is 0 Å². The van der Waals surface area contributed by atoms with Crippen LogP contribution in [0.3, 0.4) is 0 Å². The summed E-state index contributed by atoms with van der Waals surface area (Å²) in [5, 5.41) is 11.0. The monoisotopic (exact) mass is 305 g/mol. The second kappa shape index (κ2) is 6.69. The van der Waals surface area contributed by atoms with E-state index in [2.05, 4.69) is 15.5 Å². The molecule has 20 heavy (non-hydrogen) atoms. The molecule has 0 saturated heterocycles. The molecule has 0 fully saturated rings. The lowest BCUT2D eigenvalue weighted by Gasteiger charge is -2.08. The average molecular weight is 306 g/mol. The number of halogens is 3. The molecule has 2 heterocycles. The lowest BCUT2D eigenvalue weighted by atomic mass is 10.3. The molecule has 0 aliphatic heterocycles. The molecular formula is C12H18ClF2N5. The van der Waals surface area contributed by atoms with Crippen LogP contribution in [-0.2, 0) is 6.54 Å². The maximum Gasteiger partial charge on any atom is 0.333 e. The number of nitrogens with one attached hydrogen (secondary N) is 1. The largest absolute Gasteiger partial charge is 0.363 e. The van der Waals surface area contributed by atoms with Gasteiger partial charge in [0, 0.05) is 24.0 Å². The summed E-state index contributed by atoms with van der Waals surface area (Å²) in [5.74, 6) is 0.704. The Morgan fingerprint density at radius 3 is 2.60 bits per heavy atom. The van der Waals surface area contributed by atoms with E-state index in [1.54, 1.807) is 6.07 Å². The minimum Gasteiger partial charge on any atom is -0.363 e. The number of alkyl halides is 2. The van der Waals surface area contributed by atoms with Crippen molar-refractivity contribution in [2.75, 3.05) is 5.32 Å². The van der Waals surface area contributed by atoms with E-state index >= 15 is 0 Å². The number of rotatable bonds is 5. The van der Waals surface area contributed by atoms with Gasteiger partial charge in [0.25, 0.3) is 0 Å². The van der Waals surface area contributed by atoms with Crippen LogP contribution in [0.15, 0.2) is 18.5 Å². The minimum atomic E-state index is -2.62. The first kappa shape index (κ1) is 16.4. The second-order valence-electron chi connectivity index (χ2n) is 4.63. The molecule has 0 unspecified atom stereocenters. The third-order valence-corrected chi connectivity index (χ3v) is 2.82. The third-order valence-electron chi connectivity index (χ3n) is 2.82. The zero-order valence-electron chi connectivity index (χ0n) is 11.5. The van der Waals surface area contributed by atoms with Gasteiger partial charge in [-0.25, -0.2) is 4.68 Å². The highest BCUT2D eigenvalue weighted by Crippen LogP contribution is 2.17. The van der Waals surface area contributed by atoms with E-state index in [4.69, 9.17) is 0 Å². The smallest absolute Gasteiger partial charge is 0.333 e. The first-order chi connectivity index (χ1) is 8.99.